The van der Waals surface area contributed by atoms with Gasteiger partial charge < -0.3 is 5.32 Å². The van der Waals surface area contributed by atoms with Crippen molar-refractivity contribution in [2.45, 2.75) is 37.5 Å². The summed E-state index contributed by atoms with van der Waals surface area (Å²) in [5, 5.41) is 2.78. The Bertz CT molecular complexity index is 970. The summed E-state index contributed by atoms with van der Waals surface area (Å²) in [6.45, 7) is 2.38. The van der Waals surface area contributed by atoms with Gasteiger partial charge in [0.25, 0.3) is 10.0 Å². The van der Waals surface area contributed by atoms with Crippen LogP contribution in [0.5, 0.6) is 0 Å². The van der Waals surface area contributed by atoms with Crippen LogP contribution >= 0.6 is 0 Å². The molecule has 0 unspecified atom stereocenters. The van der Waals surface area contributed by atoms with Crippen LogP contribution in [0.2, 0.25) is 0 Å². The van der Waals surface area contributed by atoms with Crippen LogP contribution in [0.1, 0.15) is 36.9 Å². The average Bonchev–Trinajstić information content (AvgIpc) is 2.89. The number of aromatic nitrogens is 1. The Kier molecular flexibility index (Phi) is 5.85. The number of unbranched alkanes of at least 4 members (excludes halogenated alkanes) is 2. The average molecular weight is 386 g/mol. The topological polar surface area (TPSA) is 101 Å². The summed E-state index contributed by atoms with van der Waals surface area (Å²) in [5.74, 6) is 0.907. The number of rotatable bonds is 7. The van der Waals surface area contributed by atoms with Gasteiger partial charge in [-0.2, -0.15) is 0 Å². The first-order chi connectivity index (χ1) is 13.0. The molecule has 0 saturated carbocycles. The number of pyridine rings is 1. The first-order valence-electron chi connectivity index (χ1n) is 8.86. The van der Waals surface area contributed by atoms with E-state index in [1.54, 1.807) is 30.3 Å². The van der Waals surface area contributed by atoms with Gasteiger partial charge in [0.2, 0.25) is 5.91 Å². The molecule has 0 aliphatic carbocycles. The molecule has 0 bridgehead atoms. The molecule has 142 valence electrons. The van der Waals surface area contributed by atoms with Crippen molar-refractivity contribution in [1.82, 2.24) is 9.71 Å². The maximum atomic E-state index is 12.0. The minimum atomic E-state index is -3.49. The van der Waals surface area contributed by atoms with Gasteiger partial charge in [-0.25, -0.2) is 13.4 Å². The first kappa shape index (κ1) is 19.0. The van der Waals surface area contributed by atoms with Crippen molar-refractivity contribution >= 4 is 27.6 Å². The van der Waals surface area contributed by atoms with Crippen LogP contribution in [-0.4, -0.2) is 31.7 Å². The number of benzene rings is 1. The van der Waals surface area contributed by atoms with E-state index in [-0.39, 0.29) is 10.8 Å². The predicted molar refractivity (Wildman–Crippen MR) is 104 cm³/mol. The largest absolute Gasteiger partial charge is 0.311 e. The molecule has 8 heteroatoms. The van der Waals surface area contributed by atoms with Gasteiger partial charge in [0, 0.05) is 24.2 Å². The van der Waals surface area contributed by atoms with Gasteiger partial charge in [0.05, 0.1) is 4.90 Å². The first-order valence-corrected chi connectivity index (χ1v) is 10.3. The number of hydrogen-bond acceptors (Lipinski definition) is 5. The van der Waals surface area contributed by atoms with Gasteiger partial charge in [-0.05, 0) is 44.0 Å². The second-order valence-corrected chi connectivity index (χ2v) is 8.01. The minimum Gasteiger partial charge on any atom is -0.311 e. The van der Waals surface area contributed by atoms with Gasteiger partial charge in [0.15, 0.2) is 0 Å². The number of carbonyl (C=O) groups excluding carboxylic acids is 1. The van der Waals surface area contributed by atoms with Gasteiger partial charge >= 0.3 is 0 Å². The molecule has 3 rings (SSSR count). The van der Waals surface area contributed by atoms with Gasteiger partial charge in [0.1, 0.15) is 11.7 Å². The molecule has 1 amide bonds. The van der Waals surface area contributed by atoms with E-state index < -0.39 is 10.0 Å². The molecule has 7 nitrogen and oxygen atoms in total. The smallest absolute Gasteiger partial charge is 0.263 e. The van der Waals surface area contributed by atoms with Crippen LogP contribution in [0.25, 0.3) is 0 Å². The summed E-state index contributed by atoms with van der Waals surface area (Å²) >= 11 is 0. The van der Waals surface area contributed by atoms with E-state index in [0.717, 1.165) is 25.0 Å². The van der Waals surface area contributed by atoms with E-state index in [1.807, 2.05) is 19.1 Å². The highest BCUT2D eigenvalue weighted by Crippen LogP contribution is 2.22. The Hall–Kier alpha value is -2.74. The molecule has 0 atom stereocenters. The fourth-order valence-electron chi connectivity index (χ4n) is 2.83. The van der Waals surface area contributed by atoms with Crippen LogP contribution in [-0.2, 0) is 14.8 Å². The normalized spacial score (nSPS) is 16.0. The van der Waals surface area contributed by atoms with Crippen molar-refractivity contribution in [2.24, 2.45) is 4.99 Å². The molecule has 0 radical (unpaired) electrons. The minimum absolute atomic E-state index is 0.0584. The van der Waals surface area contributed by atoms with E-state index in [9.17, 15) is 13.2 Å². The summed E-state index contributed by atoms with van der Waals surface area (Å²) in [6.07, 6.45) is 2.77. The molecule has 27 heavy (non-hydrogen) atoms. The number of sulfonamides is 1. The second kappa shape index (κ2) is 8.30. The highest BCUT2D eigenvalue weighted by molar-refractivity contribution is 7.90. The number of aryl methyl sites for hydroxylation is 1. The second-order valence-electron chi connectivity index (χ2n) is 6.36. The van der Waals surface area contributed by atoms with Crippen LogP contribution < -0.4 is 10.0 Å². The van der Waals surface area contributed by atoms with Crippen LogP contribution in [0.3, 0.4) is 0 Å². The number of amidine groups is 1. The SMILES string of the molecule is Cc1cccc(NC(=O)CCCCCN=C2NS(=O)(=O)c3ccccc32)n1. The molecule has 2 N–H and O–H groups in total. The summed E-state index contributed by atoms with van der Waals surface area (Å²) in [4.78, 5) is 20.8. The molecule has 0 fully saturated rings. The third-order valence-corrected chi connectivity index (χ3v) is 5.55. The molecule has 1 aliphatic heterocycles. The fourth-order valence-corrected chi connectivity index (χ4v) is 4.09. The van der Waals surface area contributed by atoms with E-state index in [0.29, 0.717) is 30.2 Å². The molecule has 1 aromatic carbocycles. The number of anilines is 1. The zero-order chi connectivity index (χ0) is 19.3. The van der Waals surface area contributed by atoms with Gasteiger partial charge in [-0.1, -0.05) is 24.6 Å². The highest BCUT2D eigenvalue weighted by Gasteiger charge is 2.29. The third-order valence-electron chi connectivity index (χ3n) is 4.15. The molecule has 2 heterocycles. The van der Waals surface area contributed by atoms with E-state index in [1.165, 1.54) is 0 Å². The standard InChI is InChI=1S/C19H22N4O3S/c1-14-8-7-11-17(21-14)22-18(24)12-3-2-6-13-20-19-15-9-4-5-10-16(15)27(25,26)23-19/h4-5,7-11H,2-3,6,12-13H2,1H3,(H,20,23)(H,21,22,24). The maximum Gasteiger partial charge on any atom is 0.263 e. The summed E-state index contributed by atoms with van der Waals surface area (Å²) < 4.78 is 26.5. The van der Waals surface area contributed by atoms with Crippen LogP contribution in [0.15, 0.2) is 52.4 Å². The summed E-state index contributed by atoms with van der Waals surface area (Å²) in [5.41, 5.74) is 1.47. The Morgan fingerprint density at radius 2 is 1.93 bits per heavy atom. The van der Waals surface area contributed by atoms with Crippen molar-refractivity contribution in [3.8, 4) is 0 Å². The lowest BCUT2D eigenvalue weighted by molar-refractivity contribution is -0.116. The molecule has 1 aromatic heterocycles. The zero-order valence-electron chi connectivity index (χ0n) is 15.1. The number of fused-ring (bicyclic) bond motifs is 1. The summed E-state index contributed by atoms with van der Waals surface area (Å²) in [7, 11) is -3.49. The van der Waals surface area contributed by atoms with Crippen LogP contribution in [0.4, 0.5) is 5.82 Å². The van der Waals surface area contributed by atoms with Gasteiger partial charge in [-0.15, -0.1) is 0 Å². The van der Waals surface area contributed by atoms with Crippen molar-refractivity contribution in [2.75, 3.05) is 11.9 Å². The van der Waals surface area contributed by atoms with Crippen molar-refractivity contribution in [3.63, 3.8) is 0 Å². The van der Waals surface area contributed by atoms with E-state index in [2.05, 4.69) is 20.0 Å². The number of hydrogen-bond donors (Lipinski definition) is 2. The number of aliphatic imine (C=N–C) groups is 1. The third kappa shape index (κ3) is 4.91. The Balaban J connectivity index is 1.41. The zero-order valence-corrected chi connectivity index (χ0v) is 15.9. The predicted octanol–water partition coefficient (Wildman–Crippen LogP) is 2.63. The lowest BCUT2D eigenvalue weighted by atomic mass is 10.2. The van der Waals surface area contributed by atoms with E-state index in [4.69, 9.17) is 0 Å². The maximum absolute atomic E-state index is 12.0. The van der Waals surface area contributed by atoms with Crippen molar-refractivity contribution in [3.05, 3.63) is 53.7 Å². The van der Waals surface area contributed by atoms with Crippen LogP contribution in [0, 0.1) is 6.92 Å². The fraction of sp³-hybridized carbons (Fsp3) is 0.316. The highest BCUT2D eigenvalue weighted by atomic mass is 32.2. The van der Waals surface area contributed by atoms with Gasteiger partial charge in [-0.3, -0.25) is 14.5 Å². The Morgan fingerprint density at radius 3 is 2.74 bits per heavy atom. The molecule has 0 spiro atoms. The molecule has 0 saturated heterocycles. The summed E-state index contributed by atoms with van der Waals surface area (Å²) in [6, 6.07) is 12.3. The van der Waals surface area contributed by atoms with E-state index >= 15 is 0 Å². The lowest BCUT2D eigenvalue weighted by Gasteiger charge is -2.05. The lowest BCUT2D eigenvalue weighted by Crippen LogP contribution is -2.22. The van der Waals surface area contributed by atoms with Crippen molar-refractivity contribution in [1.29, 1.82) is 0 Å². The number of carbonyl (C=O) groups is 1. The monoisotopic (exact) mass is 386 g/mol. The van der Waals surface area contributed by atoms with Crippen molar-refractivity contribution < 1.29 is 13.2 Å². The number of nitrogens with one attached hydrogen (secondary N) is 2. The Labute approximate surface area is 159 Å². The molecule has 2 aromatic rings. The number of amides is 1. The molecular weight excluding hydrogens is 364 g/mol. The molecular formula is C19H22N4O3S. The quantitative estimate of drug-likeness (QED) is 0.714. The number of nitrogens with zero attached hydrogens (tertiary/aromatic N) is 2. The Morgan fingerprint density at radius 1 is 1.11 bits per heavy atom. The molecule has 1 aliphatic rings.